The van der Waals surface area contributed by atoms with Crippen LogP contribution in [-0.2, 0) is 20.9 Å². The highest BCUT2D eigenvalue weighted by atomic mass is 32.2. The predicted molar refractivity (Wildman–Crippen MR) is 110 cm³/mol. The Hall–Kier alpha value is -2.56. The molecule has 2 aliphatic heterocycles. The summed E-state index contributed by atoms with van der Waals surface area (Å²) in [5.74, 6) is -1.36. The van der Waals surface area contributed by atoms with Crippen molar-refractivity contribution in [2.75, 3.05) is 40.3 Å². The van der Waals surface area contributed by atoms with Crippen molar-refractivity contribution in [3.8, 4) is 0 Å². The van der Waals surface area contributed by atoms with Gasteiger partial charge in [0.05, 0.1) is 18.2 Å². The van der Waals surface area contributed by atoms with Crippen molar-refractivity contribution < 1.29 is 18.7 Å². The number of carbonyl (C=O) groups is 2. The van der Waals surface area contributed by atoms with Gasteiger partial charge in [0.1, 0.15) is 5.82 Å². The fraction of sp³-hybridized carbons (Fsp3) is 0.368. The Labute approximate surface area is 172 Å². The third kappa shape index (κ3) is 5.96. The average molecular weight is 419 g/mol. The molecule has 0 unspecified atom stereocenters. The molecule has 0 radical (unpaired) electrons. The second-order valence-electron chi connectivity index (χ2n) is 6.67. The minimum absolute atomic E-state index is 0.171. The van der Waals surface area contributed by atoms with Gasteiger partial charge in [0.15, 0.2) is 5.17 Å². The second kappa shape index (κ2) is 9.77. The number of methoxy groups -OCH3 is 1. The van der Waals surface area contributed by atoms with Gasteiger partial charge in [-0.2, -0.15) is 5.10 Å². The molecule has 3 rings (SSSR count). The smallest absolute Gasteiger partial charge is 0.331 e. The standard InChI is InChI=1S/C19H22FN5O3S/c1-24-5-7-25(8-6-24)12-14-4-3-13(9-15(14)20)11-21-23-19-22-18(27)16(29-19)10-17(26)28-2/h3-4,9-11H,5-8,12H2,1-2H3,(H,22,23,27)/b16-10+,21-11?. The third-order valence-corrected chi connectivity index (χ3v) is 5.42. The first-order chi connectivity index (χ1) is 13.9. The second-order valence-corrected chi connectivity index (χ2v) is 7.70. The van der Waals surface area contributed by atoms with Gasteiger partial charge >= 0.3 is 5.97 Å². The summed E-state index contributed by atoms with van der Waals surface area (Å²) in [6.45, 7) is 4.39. The van der Waals surface area contributed by atoms with E-state index in [0.29, 0.717) is 17.7 Å². The highest BCUT2D eigenvalue weighted by Crippen LogP contribution is 2.23. The Balaban J connectivity index is 1.59. The number of thioether (sulfide) groups is 1. The number of amidine groups is 1. The lowest BCUT2D eigenvalue weighted by atomic mass is 10.1. The number of esters is 1. The third-order valence-electron chi connectivity index (χ3n) is 4.52. The highest BCUT2D eigenvalue weighted by molar-refractivity contribution is 8.18. The first-order valence-corrected chi connectivity index (χ1v) is 9.85. The summed E-state index contributed by atoms with van der Waals surface area (Å²) in [6, 6.07) is 4.95. The van der Waals surface area contributed by atoms with E-state index in [-0.39, 0.29) is 15.9 Å². The molecule has 2 fully saturated rings. The lowest BCUT2D eigenvalue weighted by Gasteiger charge is -2.32. The molecule has 0 aliphatic carbocycles. The summed E-state index contributed by atoms with van der Waals surface area (Å²) in [5.41, 5.74) is 1.21. The maximum Gasteiger partial charge on any atom is 0.331 e. The van der Waals surface area contributed by atoms with E-state index < -0.39 is 11.9 Å². The first-order valence-electron chi connectivity index (χ1n) is 9.04. The van der Waals surface area contributed by atoms with E-state index in [1.165, 1.54) is 19.4 Å². The molecule has 1 amide bonds. The highest BCUT2D eigenvalue weighted by Gasteiger charge is 2.25. The van der Waals surface area contributed by atoms with E-state index >= 15 is 0 Å². The molecule has 0 saturated carbocycles. The van der Waals surface area contributed by atoms with Gasteiger partial charge in [-0.15, -0.1) is 5.10 Å². The molecule has 8 nitrogen and oxygen atoms in total. The van der Waals surface area contributed by atoms with Gasteiger partial charge in [-0.1, -0.05) is 12.1 Å². The number of halogens is 1. The van der Waals surface area contributed by atoms with Crippen LogP contribution >= 0.6 is 11.8 Å². The average Bonchev–Trinajstić information content (AvgIpc) is 3.04. The molecular formula is C19H22FN5O3S. The van der Waals surface area contributed by atoms with Gasteiger partial charge in [-0.3, -0.25) is 15.0 Å². The predicted octanol–water partition coefficient (Wildman–Crippen LogP) is 1.18. The number of hydrogen-bond acceptors (Lipinski definition) is 8. The number of piperazine rings is 1. The molecular weight excluding hydrogens is 397 g/mol. The molecule has 2 saturated heterocycles. The number of ether oxygens (including phenoxy) is 1. The molecule has 0 spiro atoms. The number of nitrogens with zero attached hydrogens (tertiary/aromatic N) is 4. The van der Waals surface area contributed by atoms with Crippen LogP contribution in [0.4, 0.5) is 4.39 Å². The Kier molecular flexibility index (Phi) is 7.13. The molecule has 2 heterocycles. The number of amides is 1. The van der Waals surface area contributed by atoms with E-state index in [2.05, 4.69) is 37.1 Å². The quantitative estimate of drug-likeness (QED) is 0.334. The number of rotatable bonds is 5. The van der Waals surface area contributed by atoms with E-state index in [0.717, 1.165) is 44.0 Å². The van der Waals surface area contributed by atoms with E-state index in [9.17, 15) is 14.0 Å². The van der Waals surface area contributed by atoms with E-state index in [1.807, 2.05) is 0 Å². The van der Waals surface area contributed by atoms with Crippen LogP contribution in [0.5, 0.6) is 0 Å². The van der Waals surface area contributed by atoms with Crippen molar-refractivity contribution in [1.82, 2.24) is 15.1 Å². The minimum Gasteiger partial charge on any atom is -0.466 e. The van der Waals surface area contributed by atoms with Gasteiger partial charge in [0.2, 0.25) is 0 Å². The molecule has 2 aliphatic rings. The lowest BCUT2D eigenvalue weighted by molar-refractivity contribution is -0.135. The fourth-order valence-electron chi connectivity index (χ4n) is 2.81. The number of carbonyl (C=O) groups excluding carboxylic acids is 2. The zero-order chi connectivity index (χ0) is 20.8. The fourth-order valence-corrected chi connectivity index (χ4v) is 3.55. The summed E-state index contributed by atoms with van der Waals surface area (Å²) < 4.78 is 18.9. The molecule has 0 aromatic heterocycles. The maximum absolute atomic E-state index is 14.4. The van der Waals surface area contributed by atoms with Crippen molar-refractivity contribution in [2.24, 2.45) is 10.2 Å². The van der Waals surface area contributed by atoms with Crippen molar-refractivity contribution in [1.29, 1.82) is 0 Å². The molecule has 29 heavy (non-hydrogen) atoms. The Morgan fingerprint density at radius 1 is 1.34 bits per heavy atom. The van der Waals surface area contributed by atoms with Crippen molar-refractivity contribution in [2.45, 2.75) is 6.54 Å². The molecule has 1 N–H and O–H groups in total. The van der Waals surface area contributed by atoms with Crippen LogP contribution in [0.15, 0.2) is 39.4 Å². The van der Waals surface area contributed by atoms with Crippen LogP contribution in [0.3, 0.4) is 0 Å². The van der Waals surface area contributed by atoms with Crippen molar-refractivity contribution in [3.63, 3.8) is 0 Å². The Bertz CT molecular complexity index is 879. The lowest BCUT2D eigenvalue weighted by Crippen LogP contribution is -2.44. The van der Waals surface area contributed by atoms with Crippen molar-refractivity contribution in [3.05, 3.63) is 46.1 Å². The zero-order valence-corrected chi connectivity index (χ0v) is 17.0. The SMILES string of the molecule is COC(=O)/C=C1/S/C(=N\N=Cc2ccc(CN3CCN(C)CC3)c(F)c2)NC1=O. The minimum atomic E-state index is -0.625. The molecule has 0 bridgehead atoms. The Morgan fingerprint density at radius 3 is 2.79 bits per heavy atom. The summed E-state index contributed by atoms with van der Waals surface area (Å²) in [7, 11) is 3.31. The van der Waals surface area contributed by atoms with Crippen LogP contribution in [0, 0.1) is 5.82 Å². The zero-order valence-electron chi connectivity index (χ0n) is 16.2. The number of hydrogen-bond donors (Lipinski definition) is 1. The normalized spacial score (nSPS) is 21.3. The summed E-state index contributed by atoms with van der Waals surface area (Å²) in [5, 5.41) is 10.5. The molecule has 10 heteroatoms. The maximum atomic E-state index is 14.4. The van der Waals surface area contributed by atoms with E-state index in [4.69, 9.17) is 0 Å². The van der Waals surface area contributed by atoms with Crippen LogP contribution in [-0.4, -0.2) is 73.4 Å². The van der Waals surface area contributed by atoms with Gasteiger partial charge < -0.3 is 9.64 Å². The van der Waals surface area contributed by atoms with Crippen LogP contribution < -0.4 is 5.32 Å². The van der Waals surface area contributed by atoms with E-state index in [1.54, 1.807) is 12.1 Å². The molecule has 1 aromatic rings. The summed E-state index contributed by atoms with van der Waals surface area (Å²) in [6.07, 6.45) is 2.49. The summed E-state index contributed by atoms with van der Waals surface area (Å²) in [4.78, 5) is 27.6. The monoisotopic (exact) mass is 419 g/mol. The Morgan fingerprint density at radius 2 is 2.10 bits per heavy atom. The summed E-state index contributed by atoms with van der Waals surface area (Å²) >= 11 is 0.976. The van der Waals surface area contributed by atoms with Gasteiger partial charge in [-0.25, -0.2) is 9.18 Å². The molecule has 1 aromatic carbocycles. The van der Waals surface area contributed by atoms with Crippen LogP contribution in [0.1, 0.15) is 11.1 Å². The largest absolute Gasteiger partial charge is 0.466 e. The van der Waals surface area contributed by atoms with Gasteiger partial charge in [0, 0.05) is 44.4 Å². The number of nitrogens with one attached hydrogen (secondary N) is 1. The van der Waals surface area contributed by atoms with Crippen molar-refractivity contribution >= 4 is 35.0 Å². The molecule has 0 atom stereocenters. The number of likely N-dealkylation sites (N-methyl/N-ethyl adjacent to an activating group) is 1. The van der Waals surface area contributed by atoms with Gasteiger partial charge in [-0.05, 0) is 30.4 Å². The van der Waals surface area contributed by atoms with Crippen LogP contribution in [0.25, 0.3) is 0 Å². The molecule has 154 valence electrons. The van der Waals surface area contributed by atoms with Gasteiger partial charge in [0.25, 0.3) is 5.91 Å². The first kappa shape index (κ1) is 21.2. The van der Waals surface area contributed by atoms with Crippen LogP contribution in [0.2, 0.25) is 0 Å². The topological polar surface area (TPSA) is 86.6 Å². The number of benzene rings is 1.